The number of anilines is 1. The van der Waals surface area contributed by atoms with Crippen LogP contribution in [0, 0.1) is 5.41 Å². The molecule has 0 atom stereocenters. The number of Topliss-reactive ketones (excluding diaryl/α,β-unsaturated/α-hetero) is 1. The van der Waals surface area contributed by atoms with E-state index in [4.69, 9.17) is 0 Å². The number of nitrogens with one attached hydrogen (secondary N) is 1. The highest BCUT2D eigenvalue weighted by Crippen LogP contribution is 2.30. The molecule has 1 aromatic carbocycles. The van der Waals surface area contributed by atoms with Crippen molar-refractivity contribution < 1.29 is 4.79 Å². The van der Waals surface area contributed by atoms with E-state index < -0.39 is 0 Å². The molecule has 0 saturated heterocycles. The molecular weight excluding hydrogens is 198 g/mol. The summed E-state index contributed by atoms with van der Waals surface area (Å²) in [6.07, 6.45) is 0.820. The van der Waals surface area contributed by atoms with E-state index in [1.165, 1.54) is 5.56 Å². The summed E-state index contributed by atoms with van der Waals surface area (Å²) < 4.78 is 0. The Kier molecular flexibility index (Phi) is 2.38. The molecule has 2 rings (SSSR count). The molecule has 0 saturated carbocycles. The number of carbonyl (C=O) groups is 1. The van der Waals surface area contributed by atoms with E-state index in [0.29, 0.717) is 0 Å². The molecule has 0 fully saturated rings. The molecule has 0 radical (unpaired) electrons. The Balaban J connectivity index is 2.37. The highest BCUT2D eigenvalue weighted by atomic mass is 16.1. The SMILES string of the molecule is C=C1Cc2cc(C(=O)C(C)(C)C)ccc2N1. The fraction of sp³-hybridized carbons (Fsp3) is 0.357. The van der Waals surface area contributed by atoms with Crippen LogP contribution in [-0.4, -0.2) is 5.78 Å². The first-order valence-electron chi connectivity index (χ1n) is 5.50. The van der Waals surface area contributed by atoms with Gasteiger partial charge in [-0.3, -0.25) is 4.79 Å². The van der Waals surface area contributed by atoms with E-state index >= 15 is 0 Å². The maximum absolute atomic E-state index is 12.1. The van der Waals surface area contributed by atoms with Crippen LogP contribution in [0.2, 0.25) is 0 Å². The summed E-state index contributed by atoms with van der Waals surface area (Å²) in [5, 5.41) is 3.20. The average molecular weight is 215 g/mol. The number of ketones is 1. The van der Waals surface area contributed by atoms with Crippen molar-refractivity contribution in [3.05, 3.63) is 41.6 Å². The minimum Gasteiger partial charge on any atom is -0.359 e. The summed E-state index contributed by atoms with van der Waals surface area (Å²) in [6, 6.07) is 5.83. The van der Waals surface area contributed by atoms with Crippen molar-refractivity contribution >= 4 is 11.5 Å². The zero-order valence-electron chi connectivity index (χ0n) is 10.1. The first-order valence-corrected chi connectivity index (χ1v) is 5.50. The van der Waals surface area contributed by atoms with E-state index in [1.54, 1.807) is 0 Å². The van der Waals surface area contributed by atoms with Crippen molar-refractivity contribution in [3.8, 4) is 0 Å². The summed E-state index contributed by atoms with van der Waals surface area (Å²) in [5.41, 5.74) is 3.71. The Morgan fingerprint density at radius 1 is 1.38 bits per heavy atom. The maximum Gasteiger partial charge on any atom is 0.168 e. The lowest BCUT2D eigenvalue weighted by molar-refractivity contribution is 0.0858. The second-order valence-electron chi connectivity index (χ2n) is 5.36. The van der Waals surface area contributed by atoms with Crippen LogP contribution in [0.25, 0.3) is 0 Å². The molecule has 0 bridgehead atoms. The predicted octanol–water partition coefficient (Wildman–Crippen LogP) is 3.40. The fourth-order valence-electron chi connectivity index (χ4n) is 1.90. The lowest BCUT2D eigenvalue weighted by Gasteiger charge is -2.16. The van der Waals surface area contributed by atoms with Gasteiger partial charge in [0.2, 0.25) is 0 Å². The first-order chi connectivity index (χ1) is 7.38. The zero-order chi connectivity index (χ0) is 11.9. The summed E-state index contributed by atoms with van der Waals surface area (Å²) in [6.45, 7) is 9.73. The summed E-state index contributed by atoms with van der Waals surface area (Å²) in [7, 11) is 0. The lowest BCUT2D eigenvalue weighted by atomic mass is 9.86. The van der Waals surface area contributed by atoms with Crippen molar-refractivity contribution in [2.45, 2.75) is 27.2 Å². The number of allylic oxidation sites excluding steroid dienone is 1. The minimum atomic E-state index is -0.322. The van der Waals surface area contributed by atoms with Crippen LogP contribution in [0.4, 0.5) is 5.69 Å². The molecule has 1 heterocycles. The number of fused-ring (bicyclic) bond motifs is 1. The van der Waals surface area contributed by atoms with Crippen LogP contribution >= 0.6 is 0 Å². The van der Waals surface area contributed by atoms with Crippen LogP contribution in [-0.2, 0) is 6.42 Å². The number of rotatable bonds is 1. The van der Waals surface area contributed by atoms with E-state index in [9.17, 15) is 4.79 Å². The van der Waals surface area contributed by atoms with Crippen molar-refractivity contribution in [2.24, 2.45) is 5.41 Å². The maximum atomic E-state index is 12.1. The molecule has 0 aromatic heterocycles. The third-order valence-electron chi connectivity index (χ3n) is 2.76. The lowest BCUT2D eigenvalue weighted by Crippen LogP contribution is -2.20. The Morgan fingerprint density at radius 2 is 2.06 bits per heavy atom. The smallest absolute Gasteiger partial charge is 0.168 e. The van der Waals surface area contributed by atoms with E-state index in [0.717, 1.165) is 23.4 Å². The molecule has 1 aliphatic heterocycles. The summed E-state index contributed by atoms with van der Waals surface area (Å²) in [4.78, 5) is 12.1. The summed E-state index contributed by atoms with van der Waals surface area (Å²) in [5.74, 6) is 0.188. The minimum absolute atomic E-state index is 0.188. The van der Waals surface area contributed by atoms with Gasteiger partial charge in [0.1, 0.15) is 0 Å². The average Bonchev–Trinajstić information content (AvgIpc) is 2.54. The van der Waals surface area contributed by atoms with Crippen LogP contribution < -0.4 is 5.32 Å². The van der Waals surface area contributed by atoms with Gasteiger partial charge in [-0.05, 0) is 23.8 Å². The molecule has 1 aliphatic rings. The Hall–Kier alpha value is -1.57. The van der Waals surface area contributed by atoms with Gasteiger partial charge in [0.15, 0.2) is 5.78 Å². The standard InChI is InChI=1S/C14H17NO/c1-9-7-11-8-10(5-6-12(11)15-9)13(16)14(2,3)4/h5-6,8,15H,1,7H2,2-4H3. The number of hydrogen-bond donors (Lipinski definition) is 1. The van der Waals surface area contributed by atoms with E-state index in [2.05, 4.69) is 11.9 Å². The molecule has 0 spiro atoms. The van der Waals surface area contributed by atoms with Gasteiger partial charge in [0, 0.05) is 28.8 Å². The number of benzene rings is 1. The quantitative estimate of drug-likeness (QED) is 0.727. The van der Waals surface area contributed by atoms with Gasteiger partial charge in [0.25, 0.3) is 0 Å². The normalized spacial score (nSPS) is 14.6. The van der Waals surface area contributed by atoms with E-state index in [-0.39, 0.29) is 11.2 Å². The van der Waals surface area contributed by atoms with Crippen molar-refractivity contribution in [1.82, 2.24) is 0 Å². The monoisotopic (exact) mass is 215 g/mol. The molecule has 0 aliphatic carbocycles. The number of carbonyl (C=O) groups excluding carboxylic acids is 1. The van der Waals surface area contributed by atoms with Gasteiger partial charge in [0.05, 0.1) is 0 Å². The number of hydrogen-bond acceptors (Lipinski definition) is 2. The fourth-order valence-corrected chi connectivity index (χ4v) is 1.90. The predicted molar refractivity (Wildman–Crippen MR) is 66.7 cm³/mol. The van der Waals surface area contributed by atoms with Gasteiger partial charge in [-0.25, -0.2) is 0 Å². The van der Waals surface area contributed by atoms with Crippen molar-refractivity contribution in [3.63, 3.8) is 0 Å². The molecule has 0 amide bonds. The van der Waals surface area contributed by atoms with Crippen LogP contribution in [0.5, 0.6) is 0 Å². The van der Waals surface area contributed by atoms with Crippen LogP contribution in [0.3, 0.4) is 0 Å². The summed E-state index contributed by atoms with van der Waals surface area (Å²) >= 11 is 0. The van der Waals surface area contributed by atoms with Gasteiger partial charge in [-0.15, -0.1) is 0 Å². The highest BCUT2D eigenvalue weighted by molar-refractivity contribution is 6.00. The largest absolute Gasteiger partial charge is 0.359 e. The molecule has 2 nitrogen and oxygen atoms in total. The third kappa shape index (κ3) is 1.87. The van der Waals surface area contributed by atoms with Crippen LogP contribution in [0.1, 0.15) is 36.7 Å². The Labute approximate surface area is 96.4 Å². The highest BCUT2D eigenvalue weighted by Gasteiger charge is 2.24. The van der Waals surface area contributed by atoms with Gasteiger partial charge in [-0.1, -0.05) is 27.4 Å². The molecule has 1 aromatic rings. The van der Waals surface area contributed by atoms with Crippen LogP contribution in [0.15, 0.2) is 30.5 Å². The molecule has 16 heavy (non-hydrogen) atoms. The van der Waals surface area contributed by atoms with Gasteiger partial charge < -0.3 is 5.32 Å². The molecule has 84 valence electrons. The topological polar surface area (TPSA) is 29.1 Å². The molecule has 1 N–H and O–H groups in total. The van der Waals surface area contributed by atoms with Crippen molar-refractivity contribution in [2.75, 3.05) is 5.32 Å². The second kappa shape index (κ2) is 3.48. The molecular formula is C14H17NO. The molecule has 0 unspecified atom stereocenters. The Bertz CT molecular complexity index is 466. The first kappa shape index (κ1) is 10.9. The second-order valence-corrected chi connectivity index (χ2v) is 5.36. The van der Waals surface area contributed by atoms with Gasteiger partial charge >= 0.3 is 0 Å². The molecule has 2 heteroatoms. The van der Waals surface area contributed by atoms with Crippen molar-refractivity contribution in [1.29, 1.82) is 0 Å². The third-order valence-corrected chi connectivity index (χ3v) is 2.76. The zero-order valence-corrected chi connectivity index (χ0v) is 10.1. The Morgan fingerprint density at radius 3 is 2.69 bits per heavy atom. The van der Waals surface area contributed by atoms with Gasteiger partial charge in [-0.2, -0.15) is 0 Å². The van der Waals surface area contributed by atoms with E-state index in [1.807, 2.05) is 39.0 Å².